The van der Waals surface area contributed by atoms with Gasteiger partial charge in [-0.25, -0.2) is 4.79 Å². The number of allylic oxidation sites excluding steroid dienone is 5. The molecule has 0 radical (unpaired) electrons. The Balaban J connectivity index is 1.95. The van der Waals surface area contributed by atoms with Crippen LogP contribution in [0.5, 0.6) is 5.75 Å². The Labute approximate surface area is 210 Å². The Morgan fingerprint density at radius 1 is 1.47 bits per heavy atom. The first-order valence-corrected chi connectivity index (χ1v) is 11.9. The Bertz CT molecular complexity index is 927. The van der Waals surface area contributed by atoms with Crippen molar-refractivity contribution < 1.29 is 19.4 Å². The van der Waals surface area contributed by atoms with Crippen molar-refractivity contribution in [3.05, 3.63) is 62.2 Å². The van der Waals surface area contributed by atoms with Crippen molar-refractivity contribution in [2.75, 3.05) is 13.2 Å². The van der Waals surface area contributed by atoms with Crippen LogP contribution in [0.1, 0.15) is 25.8 Å². The average molecular weight is 653 g/mol. The summed E-state index contributed by atoms with van der Waals surface area (Å²) in [4.78, 5) is 11.2. The van der Waals surface area contributed by atoms with E-state index in [1.165, 1.54) is 3.58 Å². The molecule has 160 valence electrons. The van der Waals surface area contributed by atoms with Gasteiger partial charge in [0.25, 0.3) is 0 Å². The lowest BCUT2D eigenvalue weighted by Crippen LogP contribution is -2.26. The van der Waals surface area contributed by atoms with Gasteiger partial charge in [-0.15, -0.1) is 0 Å². The van der Waals surface area contributed by atoms with Gasteiger partial charge in [0, 0.05) is 19.4 Å². The lowest BCUT2D eigenvalue weighted by molar-refractivity contribution is -0.149. The van der Waals surface area contributed by atoms with E-state index in [0.717, 1.165) is 17.6 Å². The highest BCUT2D eigenvalue weighted by molar-refractivity contribution is 14.1. The molecule has 2 atom stereocenters. The number of aliphatic carboxylic acids is 1. The Kier molecular flexibility index (Phi) is 10.2. The molecule has 0 heterocycles. The topological polar surface area (TPSA) is 55.8 Å². The number of rotatable bonds is 8. The molecule has 0 spiro atoms. The van der Waals surface area contributed by atoms with E-state index in [1.54, 1.807) is 25.1 Å². The molecule has 0 fully saturated rings. The lowest BCUT2D eigenvalue weighted by Gasteiger charge is -2.19. The van der Waals surface area contributed by atoms with Crippen molar-refractivity contribution in [1.82, 2.24) is 0 Å². The fourth-order valence-corrected chi connectivity index (χ4v) is 5.24. The SMILES string of the molecule is CCO[C@@H](Cc1ccc(OC/C=C(\C)C#CC2(I)C=CC=C(I)C2)c(Cl)c1)C(=O)O. The maximum atomic E-state index is 11.2. The summed E-state index contributed by atoms with van der Waals surface area (Å²) in [7, 11) is 0. The maximum Gasteiger partial charge on any atom is 0.333 e. The summed E-state index contributed by atoms with van der Waals surface area (Å²) < 4.78 is 12.1. The van der Waals surface area contributed by atoms with E-state index in [1.807, 2.05) is 19.1 Å². The van der Waals surface area contributed by atoms with Gasteiger partial charge >= 0.3 is 5.97 Å². The summed E-state index contributed by atoms with van der Waals surface area (Å²) in [5, 5.41) is 9.64. The zero-order valence-corrected chi connectivity index (χ0v) is 21.8. The maximum absolute atomic E-state index is 11.2. The predicted molar refractivity (Wildman–Crippen MR) is 138 cm³/mol. The van der Waals surface area contributed by atoms with Crippen molar-refractivity contribution in [3.8, 4) is 17.6 Å². The van der Waals surface area contributed by atoms with Gasteiger partial charge in [0.05, 0.1) is 5.02 Å². The highest BCUT2D eigenvalue weighted by atomic mass is 127. The molecule has 0 bridgehead atoms. The molecule has 2 rings (SSSR count). The lowest BCUT2D eigenvalue weighted by atomic mass is 10.0. The Morgan fingerprint density at radius 2 is 2.23 bits per heavy atom. The highest BCUT2D eigenvalue weighted by Gasteiger charge is 2.23. The van der Waals surface area contributed by atoms with Crippen molar-refractivity contribution >= 4 is 62.8 Å². The number of alkyl halides is 1. The van der Waals surface area contributed by atoms with Gasteiger partial charge in [0.2, 0.25) is 0 Å². The first-order chi connectivity index (χ1) is 14.2. The van der Waals surface area contributed by atoms with Crippen LogP contribution < -0.4 is 4.74 Å². The van der Waals surface area contributed by atoms with E-state index in [4.69, 9.17) is 21.1 Å². The highest BCUT2D eigenvalue weighted by Crippen LogP contribution is 2.34. The van der Waals surface area contributed by atoms with Crippen LogP contribution in [0.4, 0.5) is 0 Å². The number of benzene rings is 1. The second-order valence-electron chi connectivity index (χ2n) is 6.71. The quantitative estimate of drug-likeness (QED) is 0.208. The monoisotopic (exact) mass is 652 g/mol. The standard InChI is InChI=1S/C23H23ClI2O4/c1-3-29-21(22(27)28)14-17-6-7-20(19(24)13-17)30-12-9-16(2)8-11-23(26)10-4-5-18(25)15-23/h4-7,9-10,13,21H,3,12,14-15H2,1-2H3,(H,27,28)/b16-9+/t21-,23?/m0/s1. The molecule has 1 aliphatic rings. The minimum atomic E-state index is -0.988. The Morgan fingerprint density at radius 3 is 2.87 bits per heavy atom. The van der Waals surface area contributed by atoms with E-state index < -0.39 is 12.1 Å². The summed E-state index contributed by atoms with van der Waals surface area (Å²) in [5.74, 6) is 6.09. The number of carbonyl (C=O) groups is 1. The first-order valence-electron chi connectivity index (χ1n) is 9.41. The molecule has 30 heavy (non-hydrogen) atoms. The smallest absolute Gasteiger partial charge is 0.333 e. The van der Waals surface area contributed by atoms with Gasteiger partial charge in [0.15, 0.2) is 6.10 Å². The summed E-state index contributed by atoms with van der Waals surface area (Å²) in [5.41, 5.74) is 1.71. The van der Waals surface area contributed by atoms with Crippen LogP contribution in [0.15, 0.2) is 51.7 Å². The van der Waals surface area contributed by atoms with Crippen LogP contribution in [0.3, 0.4) is 0 Å². The zero-order valence-electron chi connectivity index (χ0n) is 16.8. The molecule has 1 aromatic rings. The first kappa shape index (κ1) is 25.2. The molecule has 0 saturated carbocycles. The normalized spacial score (nSPS) is 19.5. The van der Waals surface area contributed by atoms with E-state index in [9.17, 15) is 9.90 Å². The Hall–Kier alpha value is -1.02. The van der Waals surface area contributed by atoms with Crippen molar-refractivity contribution in [3.63, 3.8) is 0 Å². The average Bonchev–Trinajstić information content (AvgIpc) is 2.67. The number of carboxylic acid groups (broad SMARTS) is 1. The van der Waals surface area contributed by atoms with Crippen LogP contribution in [-0.2, 0) is 16.0 Å². The molecule has 1 aromatic carbocycles. The second kappa shape index (κ2) is 12.1. The number of halogens is 3. The molecular formula is C23H23ClI2O4. The molecule has 1 aliphatic carbocycles. The molecule has 0 amide bonds. The largest absolute Gasteiger partial charge is 0.488 e. The molecule has 0 aromatic heterocycles. The number of hydrogen-bond donors (Lipinski definition) is 1. The van der Waals surface area contributed by atoms with Gasteiger partial charge in [-0.1, -0.05) is 70.3 Å². The van der Waals surface area contributed by atoms with Gasteiger partial charge in [-0.05, 0) is 69.4 Å². The molecule has 0 saturated heterocycles. The molecule has 1 N–H and O–H groups in total. The molecule has 7 heteroatoms. The number of ether oxygens (including phenoxy) is 2. The summed E-state index contributed by atoms with van der Waals surface area (Å²) in [6.07, 6.45) is 8.46. The fourth-order valence-electron chi connectivity index (χ4n) is 2.69. The van der Waals surface area contributed by atoms with Crippen LogP contribution in [0.25, 0.3) is 0 Å². The van der Waals surface area contributed by atoms with Gasteiger partial charge < -0.3 is 14.6 Å². The van der Waals surface area contributed by atoms with Crippen molar-refractivity contribution in [2.24, 2.45) is 0 Å². The van der Waals surface area contributed by atoms with Crippen molar-refractivity contribution in [1.29, 1.82) is 0 Å². The minimum absolute atomic E-state index is 0.173. The number of carboxylic acids is 1. The van der Waals surface area contributed by atoms with Crippen LogP contribution in [-0.4, -0.2) is 33.8 Å². The predicted octanol–water partition coefficient (Wildman–Crippen LogP) is 6.15. The third kappa shape index (κ3) is 8.25. The molecule has 4 nitrogen and oxygen atoms in total. The van der Waals surface area contributed by atoms with Crippen molar-refractivity contribution in [2.45, 2.75) is 36.2 Å². The third-order valence-corrected chi connectivity index (χ3v) is 6.27. The van der Waals surface area contributed by atoms with E-state index in [0.29, 0.717) is 24.0 Å². The van der Waals surface area contributed by atoms with Crippen LogP contribution >= 0.6 is 56.8 Å². The van der Waals surface area contributed by atoms with Crippen LogP contribution in [0.2, 0.25) is 5.02 Å². The zero-order chi connectivity index (χ0) is 22.1. The fraction of sp³-hybridized carbons (Fsp3) is 0.348. The summed E-state index contributed by atoms with van der Waals surface area (Å²) in [6.45, 7) is 4.40. The summed E-state index contributed by atoms with van der Waals surface area (Å²) in [6, 6.07) is 5.27. The van der Waals surface area contributed by atoms with Gasteiger partial charge in [-0.2, -0.15) is 0 Å². The van der Waals surface area contributed by atoms with Crippen LogP contribution in [0, 0.1) is 11.8 Å². The second-order valence-corrected chi connectivity index (χ2v) is 10.4. The summed E-state index contributed by atoms with van der Waals surface area (Å²) >= 11 is 11.0. The van der Waals surface area contributed by atoms with Gasteiger partial charge in [-0.3, -0.25) is 0 Å². The minimum Gasteiger partial charge on any atom is -0.488 e. The number of hydrogen-bond acceptors (Lipinski definition) is 3. The van der Waals surface area contributed by atoms with Gasteiger partial charge in [0.1, 0.15) is 15.8 Å². The van der Waals surface area contributed by atoms with E-state index >= 15 is 0 Å². The third-order valence-electron chi connectivity index (χ3n) is 4.22. The molecular weight excluding hydrogens is 630 g/mol. The molecule has 1 unspecified atom stereocenters. The van der Waals surface area contributed by atoms with E-state index in [-0.39, 0.29) is 9.84 Å². The van der Waals surface area contributed by atoms with E-state index in [2.05, 4.69) is 69.2 Å². The molecule has 0 aliphatic heterocycles.